The highest BCUT2D eigenvalue weighted by atomic mass is 15.4. The predicted octanol–water partition coefficient (Wildman–Crippen LogP) is 1.64. The fourth-order valence-corrected chi connectivity index (χ4v) is 2.34. The van der Waals surface area contributed by atoms with Gasteiger partial charge in [-0.2, -0.15) is 0 Å². The third-order valence-electron chi connectivity index (χ3n) is 3.17. The molecule has 0 radical (unpaired) electrons. The number of hydrogen-bond donors (Lipinski definition) is 1. The van der Waals surface area contributed by atoms with Gasteiger partial charge in [0.15, 0.2) is 0 Å². The van der Waals surface area contributed by atoms with E-state index < -0.39 is 0 Å². The number of hydrogen-bond acceptors (Lipinski definition) is 4. The highest BCUT2D eigenvalue weighted by Gasteiger charge is 2.15. The summed E-state index contributed by atoms with van der Waals surface area (Å²) in [5, 5.41) is 11.6. The summed E-state index contributed by atoms with van der Waals surface area (Å²) in [5.41, 5.74) is 3.47. The van der Waals surface area contributed by atoms with Gasteiger partial charge in [0, 0.05) is 26.3 Å². The normalized spacial score (nSPS) is 14.8. The van der Waals surface area contributed by atoms with Gasteiger partial charge < -0.3 is 10.2 Å². The Morgan fingerprint density at radius 3 is 3.06 bits per heavy atom. The summed E-state index contributed by atoms with van der Waals surface area (Å²) < 4.78 is 1.75. The first-order valence-corrected chi connectivity index (χ1v) is 6.26. The second-order valence-corrected chi connectivity index (χ2v) is 4.60. The molecule has 2 aromatic rings. The van der Waals surface area contributed by atoms with Crippen LogP contribution in [0.3, 0.4) is 0 Å². The standard InChI is InChI=1S/C13H17N5/c1-17-9-11(15-16-17)10-18-8-4-7-14-12-5-2-3-6-13(12)18/h2-3,5-6,9,14H,4,7-8,10H2,1H3. The van der Waals surface area contributed by atoms with E-state index in [-0.39, 0.29) is 0 Å². The first kappa shape index (κ1) is 11.1. The zero-order valence-electron chi connectivity index (χ0n) is 10.5. The smallest absolute Gasteiger partial charge is 0.102 e. The Balaban J connectivity index is 1.87. The van der Waals surface area contributed by atoms with E-state index in [9.17, 15) is 0 Å². The molecule has 0 unspecified atom stereocenters. The molecule has 0 bridgehead atoms. The van der Waals surface area contributed by atoms with E-state index in [0.717, 1.165) is 31.7 Å². The third-order valence-corrected chi connectivity index (χ3v) is 3.17. The van der Waals surface area contributed by atoms with Crippen molar-refractivity contribution >= 4 is 11.4 Å². The van der Waals surface area contributed by atoms with Crippen LogP contribution in [0.1, 0.15) is 12.1 Å². The number of nitrogens with one attached hydrogen (secondary N) is 1. The number of fused-ring (bicyclic) bond motifs is 1. The summed E-state index contributed by atoms with van der Waals surface area (Å²) in [4.78, 5) is 2.36. The van der Waals surface area contributed by atoms with E-state index >= 15 is 0 Å². The minimum Gasteiger partial charge on any atom is -0.383 e. The molecule has 0 amide bonds. The molecule has 3 rings (SSSR count). The molecule has 1 N–H and O–H groups in total. The van der Waals surface area contributed by atoms with Crippen LogP contribution in [0.15, 0.2) is 30.5 Å². The van der Waals surface area contributed by atoms with Gasteiger partial charge in [-0.15, -0.1) is 5.10 Å². The summed E-state index contributed by atoms with van der Waals surface area (Å²) >= 11 is 0. The molecule has 0 aliphatic carbocycles. The lowest BCUT2D eigenvalue weighted by Gasteiger charge is -2.23. The molecule has 0 spiro atoms. The lowest BCUT2D eigenvalue weighted by molar-refractivity contribution is 0.709. The van der Waals surface area contributed by atoms with Crippen molar-refractivity contribution in [2.45, 2.75) is 13.0 Å². The van der Waals surface area contributed by atoms with Gasteiger partial charge >= 0.3 is 0 Å². The molecule has 1 aromatic heterocycles. The molecule has 18 heavy (non-hydrogen) atoms. The maximum absolute atomic E-state index is 4.16. The fraction of sp³-hybridized carbons (Fsp3) is 0.385. The molecule has 5 nitrogen and oxygen atoms in total. The van der Waals surface area contributed by atoms with Crippen LogP contribution in [0.4, 0.5) is 11.4 Å². The topological polar surface area (TPSA) is 46.0 Å². The molecular formula is C13H17N5. The largest absolute Gasteiger partial charge is 0.383 e. The molecule has 0 saturated carbocycles. The summed E-state index contributed by atoms with van der Waals surface area (Å²) in [6.07, 6.45) is 3.11. The molecule has 1 aliphatic heterocycles. The maximum atomic E-state index is 4.16. The molecule has 1 aromatic carbocycles. The molecule has 0 atom stereocenters. The SMILES string of the molecule is Cn1cc(CN2CCCNc3ccccc32)nn1. The summed E-state index contributed by atoms with van der Waals surface area (Å²) in [6.45, 7) is 2.88. The van der Waals surface area contributed by atoms with Crippen LogP contribution in [-0.4, -0.2) is 28.1 Å². The zero-order valence-corrected chi connectivity index (χ0v) is 10.5. The fourth-order valence-electron chi connectivity index (χ4n) is 2.34. The van der Waals surface area contributed by atoms with Gasteiger partial charge in [-0.25, -0.2) is 0 Å². The number of para-hydroxylation sites is 2. The van der Waals surface area contributed by atoms with Crippen LogP contribution in [0.5, 0.6) is 0 Å². The predicted molar refractivity (Wildman–Crippen MR) is 71.6 cm³/mol. The van der Waals surface area contributed by atoms with Crippen LogP contribution >= 0.6 is 0 Å². The maximum Gasteiger partial charge on any atom is 0.102 e. The monoisotopic (exact) mass is 243 g/mol. The van der Waals surface area contributed by atoms with E-state index in [1.807, 2.05) is 13.2 Å². The lowest BCUT2D eigenvalue weighted by Crippen LogP contribution is -2.23. The third kappa shape index (κ3) is 2.16. The Morgan fingerprint density at radius 2 is 2.22 bits per heavy atom. The lowest BCUT2D eigenvalue weighted by atomic mass is 10.2. The number of aryl methyl sites for hydroxylation is 1. The minimum atomic E-state index is 0.812. The average molecular weight is 243 g/mol. The van der Waals surface area contributed by atoms with Crippen molar-refractivity contribution in [2.24, 2.45) is 7.05 Å². The minimum absolute atomic E-state index is 0.812. The molecule has 94 valence electrons. The highest BCUT2D eigenvalue weighted by Crippen LogP contribution is 2.28. The van der Waals surface area contributed by atoms with Crippen molar-refractivity contribution in [1.82, 2.24) is 15.0 Å². The van der Waals surface area contributed by atoms with Crippen LogP contribution in [0.2, 0.25) is 0 Å². The van der Waals surface area contributed by atoms with Gasteiger partial charge in [-0.05, 0) is 18.6 Å². The average Bonchev–Trinajstić information content (AvgIpc) is 2.68. The molecule has 0 fully saturated rings. The zero-order chi connectivity index (χ0) is 12.4. The van der Waals surface area contributed by atoms with Gasteiger partial charge in [-0.1, -0.05) is 17.3 Å². The Hall–Kier alpha value is -2.04. The van der Waals surface area contributed by atoms with E-state index in [4.69, 9.17) is 0 Å². The van der Waals surface area contributed by atoms with E-state index in [1.165, 1.54) is 11.4 Å². The van der Waals surface area contributed by atoms with Crippen molar-refractivity contribution in [3.63, 3.8) is 0 Å². The number of aromatic nitrogens is 3. The van der Waals surface area contributed by atoms with Gasteiger partial charge in [0.2, 0.25) is 0 Å². The van der Waals surface area contributed by atoms with Crippen molar-refractivity contribution in [1.29, 1.82) is 0 Å². The van der Waals surface area contributed by atoms with Gasteiger partial charge in [0.1, 0.15) is 5.69 Å². The van der Waals surface area contributed by atoms with Gasteiger partial charge in [0.05, 0.1) is 17.9 Å². The second kappa shape index (κ2) is 4.68. The van der Waals surface area contributed by atoms with Crippen LogP contribution in [-0.2, 0) is 13.6 Å². The second-order valence-electron chi connectivity index (χ2n) is 4.60. The van der Waals surface area contributed by atoms with Crippen molar-refractivity contribution in [2.75, 3.05) is 23.3 Å². The first-order chi connectivity index (χ1) is 8.83. The highest BCUT2D eigenvalue weighted by molar-refractivity contribution is 5.70. The Labute approximate surface area is 106 Å². The summed E-state index contributed by atoms with van der Waals surface area (Å²) in [6, 6.07) is 8.43. The molecule has 5 heteroatoms. The quantitative estimate of drug-likeness (QED) is 0.871. The number of anilines is 2. The van der Waals surface area contributed by atoms with E-state index in [2.05, 4.69) is 44.8 Å². The van der Waals surface area contributed by atoms with Gasteiger partial charge in [-0.3, -0.25) is 4.68 Å². The summed E-state index contributed by atoms with van der Waals surface area (Å²) in [7, 11) is 1.90. The number of benzene rings is 1. The van der Waals surface area contributed by atoms with Crippen molar-refractivity contribution in [3.05, 3.63) is 36.2 Å². The van der Waals surface area contributed by atoms with Crippen molar-refractivity contribution in [3.8, 4) is 0 Å². The van der Waals surface area contributed by atoms with Crippen LogP contribution < -0.4 is 10.2 Å². The first-order valence-electron chi connectivity index (χ1n) is 6.26. The van der Waals surface area contributed by atoms with E-state index in [1.54, 1.807) is 4.68 Å². The Kier molecular flexibility index (Phi) is 2.88. The molecular weight excluding hydrogens is 226 g/mol. The van der Waals surface area contributed by atoms with Crippen molar-refractivity contribution < 1.29 is 0 Å². The van der Waals surface area contributed by atoms with E-state index in [0.29, 0.717) is 0 Å². The molecule has 1 aliphatic rings. The van der Waals surface area contributed by atoms with Crippen LogP contribution in [0, 0.1) is 0 Å². The Morgan fingerprint density at radius 1 is 1.33 bits per heavy atom. The Bertz CT molecular complexity index is 534. The number of nitrogens with zero attached hydrogens (tertiary/aromatic N) is 4. The number of rotatable bonds is 2. The summed E-state index contributed by atoms with van der Waals surface area (Å²) in [5.74, 6) is 0. The van der Waals surface area contributed by atoms with Gasteiger partial charge in [0.25, 0.3) is 0 Å². The molecule has 2 heterocycles. The van der Waals surface area contributed by atoms with Crippen LogP contribution in [0.25, 0.3) is 0 Å². The molecule has 0 saturated heterocycles.